The lowest BCUT2D eigenvalue weighted by Gasteiger charge is -2.04. The molecule has 1 N–H and O–H groups in total. The molecular formula is C23H20N6O3S. The van der Waals surface area contributed by atoms with Gasteiger partial charge in [-0.3, -0.25) is 4.57 Å². The van der Waals surface area contributed by atoms with Crippen LogP contribution < -0.4 is 5.69 Å². The summed E-state index contributed by atoms with van der Waals surface area (Å²) in [6, 6.07) is 19.7. The van der Waals surface area contributed by atoms with Crippen molar-refractivity contribution in [2.45, 2.75) is 30.8 Å². The summed E-state index contributed by atoms with van der Waals surface area (Å²) < 4.78 is 12.9. The molecule has 166 valence electrons. The quantitative estimate of drug-likeness (QED) is 0.344. The number of benzene rings is 2. The number of aryl methyl sites for hydroxylation is 2. The van der Waals surface area contributed by atoms with Gasteiger partial charge in [-0.15, -0.1) is 15.3 Å². The summed E-state index contributed by atoms with van der Waals surface area (Å²) in [7, 11) is 0. The number of rotatable bonds is 8. The second-order valence-electron chi connectivity index (χ2n) is 7.32. The molecule has 10 heteroatoms. The minimum atomic E-state index is -0.243. The maximum Gasteiger partial charge on any atom is 0.343 e. The van der Waals surface area contributed by atoms with Crippen molar-refractivity contribution < 1.29 is 8.94 Å². The van der Waals surface area contributed by atoms with Gasteiger partial charge in [-0.1, -0.05) is 77.6 Å². The Morgan fingerprint density at radius 2 is 1.79 bits per heavy atom. The van der Waals surface area contributed by atoms with Crippen LogP contribution in [0.5, 0.6) is 0 Å². The zero-order chi connectivity index (χ0) is 22.6. The molecule has 33 heavy (non-hydrogen) atoms. The van der Waals surface area contributed by atoms with Gasteiger partial charge in [0.15, 0.2) is 5.16 Å². The van der Waals surface area contributed by atoms with Gasteiger partial charge >= 0.3 is 5.69 Å². The summed E-state index contributed by atoms with van der Waals surface area (Å²) in [5, 5.41) is 19.8. The number of aromatic nitrogens is 6. The van der Waals surface area contributed by atoms with E-state index < -0.39 is 0 Å². The van der Waals surface area contributed by atoms with Gasteiger partial charge in [0.1, 0.15) is 17.0 Å². The highest BCUT2D eigenvalue weighted by Gasteiger charge is 2.22. The monoisotopic (exact) mass is 460 g/mol. The molecule has 3 aromatic heterocycles. The average Bonchev–Trinajstić information content (AvgIpc) is 3.56. The van der Waals surface area contributed by atoms with Crippen LogP contribution >= 0.6 is 11.8 Å². The zero-order valence-electron chi connectivity index (χ0n) is 17.8. The summed E-state index contributed by atoms with van der Waals surface area (Å²) >= 11 is 1.36. The maximum absolute atomic E-state index is 12.2. The molecule has 0 aliphatic carbocycles. The first-order valence-electron chi connectivity index (χ1n) is 10.4. The van der Waals surface area contributed by atoms with Gasteiger partial charge in [0.2, 0.25) is 5.89 Å². The van der Waals surface area contributed by atoms with E-state index in [1.165, 1.54) is 11.8 Å². The Morgan fingerprint density at radius 3 is 2.58 bits per heavy atom. The third kappa shape index (κ3) is 4.51. The molecule has 0 fully saturated rings. The molecule has 3 heterocycles. The number of nitrogens with one attached hydrogen (secondary N) is 1. The molecule has 2 aromatic carbocycles. The van der Waals surface area contributed by atoms with Crippen LogP contribution in [-0.4, -0.2) is 30.1 Å². The third-order valence-electron chi connectivity index (χ3n) is 5.11. The van der Waals surface area contributed by atoms with E-state index in [-0.39, 0.29) is 5.69 Å². The molecule has 0 spiro atoms. The predicted octanol–water partition coefficient (Wildman–Crippen LogP) is 4.12. The summed E-state index contributed by atoms with van der Waals surface area (Å²) in [4.78, 5) is 12.2. The molecule has 5 rings (SSSR count). The van der Waals surface area contributed by atoms with Gasteiger partial charge in [0, 0.05) is 12.1 Å². The minimum absolute atomic E-state index is 0.243. The van der Waals surface area contributed by atoms with E-state index in [1.54, 1.807) is 4.57 Å². The van der Waals surface area contributed by atoms with Crippen molar-refractivity contribution in [2.75, 3.05) is 0 Å². The summed E-state index contributed by atoms with van der Waals surface area (Å²) in [5.41, 5.74) is 3.13. The highest BCUT2D eigenvalue weighted by Crippen LogP contribution is 2.33. The first-order valence-corrected chi connectivity index (χ1v) is 11.3. The van der Waals surface area contributed by atoms with E-state index >= 15 is 0 Å². The molecule has 0 bridgehead atoms. The maximum atomic E-state index is 12.2. The molecule has 9 nitrogen and oxygen atoms in total. The van der Waals surface area contributed by atoms with Gasteiger partial charge in [-0.05, 0) is 18.9 Å². The predicted molar refractivity (Wildman–Crippen MR) is 123 cm³/mol. The molecule has 5 aromatic rings. The Hall–Kier alpha value is -3.92. The Balaban J connectivity index is 1.31. The second kappa shape index (κ2) is 9.29. The molecule has 0 aliphatic heterocycles. The summed E-state index contributed by atoms with van der Waals surface area (Å²) in [6.07, 6.45) is 0.730. The second-order valence-corrected chi connectivity index (χ2v) is 8.26. The van der Waals surface area contributed by atoms with E-state index in [1.807, 2.05) is 67.6 Å². The number of aromatic amines is 1. The lowest BCUT2D eigenvalue weighted by molar-refractivity contribution is 0.399. The largest absolute Gasteiger partial charge is 0.420 e. The Kier molecular flexibility index (Phi) is 5.90. The molecule has 0 aliphatic rings. The van der Waals surface area contributed by atoms with Crippen molar-refractivity contribution in [1.29, 1.82) is 0 Å². The van der Waals surface area contributed by atoms with Gasteiger partial charge in [0.25, 0.3) is 5.89 Å². The van der Waals surface area contributed by atoms with Gasteiger partial charge in [-0.2, -0.15) is 0 Å². The van der Waals surface area contributed by atoms with Crippen LogP contribution in [0.4, 0.5) is 0 Å². The van der Waals surface area contributed by atoms with Crippen LogP contribution in [-0.2, 0) is 18.7 Å². The fourth-order valence-electron chi connectivity index (χ4n) is 3.45. The third-order valence-corrected chi connectivity index (χ3v) is 6.07. The van der Waals surface area contributed by atoms with Gasteiger partial charge < -0.3 is 8.94 Å². The Bertz CT molecular complexity index is 1410. The highest BCUT2D eigenvalue weighted by atomic mass is 32.2. The number of hydrogen-bond donors (Lipinski definition) is 1. The van der Waals surface area contributed by atoms with Crippen LogP contribution in [0.1, 0.15) is 17.2 Å². The van der Waals surface area contributed by atoms with Crippen molar-refractivity contribution >= 4 is 11.8 Å². The normalized spacial score (nSPS) is 11.2. The fourth-order valence-corrected chi connectivity index (χ4v) is 4.26. The number of thioether (sulfide) groups is 1. The van der Waals surface area contributed by atoms with E-state index in [2.05, 4.69) is 25.6 Å². The molecule has 0 saturated carbocycles. The lowest BCUT2D eigenvalue weighted by atomic mass is 10.1. The Labute approximate surface area is 192 Å². The molecule has 0 radical (unpaired) electrons. The summed E-state index contributed by atoms with van der Waals surface area (Å²) in [6.45, 7) is 2.33. The van der Waals surface area contributed by atoms with Crippen molar-refractivity contribution in [3.8, 4) is 22.7 Å². The highest BCUT2D eigenvalue weighted by molar-refractivity contribution is 7.98. The number of nitrogens with zero attached hydrogens (tertiary/aromatic N) is 5. The van der Waals surface area contributed by atoms with Crippen LogP contribution in [0.25, 0.3) is 22.7 Å². The van der Waals surface area contributed by atoms with Crippen molar-refractivity contribution in [3.63, 3.8) is 0 Å². The minimum Gasteiger partial charge on any atom is -0.420 e. The average molecular weight is 461 g/mol. The lowest BCUT2D eigenvalue weighted by Crippen LogP contribution is -2.18. The SMILES string of the molecule is Cc1onc(-c2ccccc2)c1-c1nnc(CSc2n[nH]c(=O)n2CCc2ccccc2)o1. The van der Waals surface area contributed by atoms with Gasteiger partial charge in [-0.25, -0.2) is 9.89 Å². The smallest absolute Gasteiger partial charge is 0.343 e. The standard InChI is InChI=1S/C23H20N6O3S/c1-15-19(20(28-32-15)17-10-6-3-7-11-17)21-25-24-18(31-21)14-33-23-27-26-22(30)29(23)13-12-16-8-4-2-5-9-16/h2-11H,12-14H2,1H3,(H,26,30). The summed E-state index contributed by atoms with van der Waals surface area (Å²) in [5.74, 6) is 1.72. The topological polar surface area (TPSA) is 116 Å². The number of H-pyrrole nitrogens is 1. The zero-order valence-corrected chi connectivity index (χ0v) is 18.6. The van der Waals surface area contributed by atoms with Crippen LogP contribution in [0, 0.1) is 6.92 Å². The van der Waals surface area contributed by atoms with Gasteiger partial charge in [0.05, 0.1) is 5.75 Å². The molecule has 0 unspecified atom stereocenters. The van der Waals surface area contributed by atoms with Crippen LogP contribution in [0.2, 0.25) is 0 Å². The van der Waals surface area contributed by atoms with Crippen molar-refractivity contribution in [2.24, 2.45) is 0 Å². The van der Waals surface area contributed by atoms with Crippen molar-refractivity contribution in [1.82, 2.24) is 30.1 Å². The first kappa shape index (κ1) is 21.0. The van der Waals surface area contributed by atoms with Crippen molar-refractivity contribution in [3.05, 3.63) is 88.4 Å². The molecule has 0 saturated heterocycles. The van der Waals surface area contributed by atoms with Crippen LogP contribution in [0.15, 0.2) is 79.6 Å². The fraction of sp³-hybridized carbons (Fsp3) is 0.174. The van der Waals surface area contributed by atoms with E-state index in [0.717, 1.165) is 17.5 Å². The number of hydrogen-bond acceptors (Lipinski definition) is 8. The molecule has 0 amide bonds. The van der Waals surface area contributed by atoms with E-state index in [0.29, 0.717) is 46.3 Å². The molecule has 0 atom stereocenters. The molecular weight excluding hydrogens is 440 g/mol. The van der Waals surface area contributed by atoms with E-state index in [9.17, 15) is 4.79 Å². The first-order chi connectivity index (χ1) is 16.2. The van der Waals surface area contributed by atoms with E-state index in [4.69, 9.17) is 8.94 Å². The Morgan fingerprint density at radius 1 is 1.03 bits per heavy atom. The van der Waals surface area contributed by atoms with Crippen LogP contribution in [0.3, 0.4) is 0 Å².